The summed E-state index contributed by atoms with van der Waals surface area (Å²) in [7, 11) is -3.33. The number of alkyl halides is 3. The van der Waals surface area contributed by atoms with Crippen molar-refractivity contribution in [2.24, 2.45) is 0 Å². The number of aliphatic hydroxyl groups excluding tert-OH is 1. The molecule has 0 radical (unpaired) electrons. The van der Waals surface area contributed by atoms with Crippen molar-refractivity contribution in [3.63, 3.8) is 0 Å². The van der Waals surface area contributed by atoms with Crippen LogP contribution in [0, 0.1) is 0 Å². The van der Waals surface area contributed by atoms with Gasteiger partial charge < -0.3 is 5.11 Å². The van der Waals surface area contributed by atoms with Gasteiger partial charge in [-0.1, -0.05) is 11.6 Å². The summed E-state index contributed by atoms with van der Waals surface area (Å²) < 4.78 is 62.4. The Bertz CT molecular complexity index is 641. The summed E-state index contributed by atoms with van der Waals surface area (Å²) >= 11 is 5.84. The Balaban J connectivity index is 2.57. The van der Waals surface area contributed by atoms with Crippen molar-refractivity contribution in [2.45, 2.75) is 31.7 Å². The maximum absolute atomic E-state index is 12.8. The first-order valence-corrected chi connectivity index (χ1v) is 7.86. The Morgan fingerprint density at radius 3 is 2.45 bits per heavy atom. The molecular formula is C10H12ClF3N2O3S. The fourth-order valence-electron chi connectivity index (χ4n) is 2.32. The molecule has 0 saturated carbocycles. The molecule has 20 heavy (non-hydrogen) atoms. The standard InChI is InChI=1S/C10H12ClF3N2O3S/c1-9(2-3-20(18,19)5-9)16-8(11)6(4-17)7(15-16)10(12,13)14/h17H,2-5H2,1H3. The van der Waals surface area contributed by atoms with Crippen LogP contribution in [0.3, 0.4) is 0 Å². The maximum Gasteiger partial charge on any atom is 0.435 e. The molecule has 10 heteroatoms. The molecule has 0 amide bonds. The van der Waals surface area contributed by atoms with Gasteiger partial charge in [-0.3, -0.25) is 0 Å². The van der Waals surface area contributed by atoms with E-state index in [2.05, 4.69) is 5.10 Å². The first-order chi connectivity index (χ1) is 9.00. The van der Waals surface area contributed by atoms with E-state index in [1.807, 2.05) is 0 Å². The molecule has 1 saturated heterocycles. The highest BCUT2D eigenvalue weighted by Crippen LogP contribution is 2.39. The molecule has 2 rings (SSSR count). The van der Waals surface area contributed by atoms with E-state index in [4.69, 9.17) is 16.7 Å². The number of rotatable bonds is 2. The van der Waals surface area contributed by atoms with Gasteiger partial charge in [-0.15, -0.1) is 0 Å². The van der Waals surface area contributed by atoms with Gasteiger partial charge in [0.2, 0.25) is 0 Å². The Morgan fingerprint density at radius 1 is 1.50 bits per heavy atom. The van der Waals surface area contributed by atoms with Crippen LogP contribution in [0.15, 0.2) is 0 Å². The summed E-state index contributed by atoms with van der Waals surface area (Å²) in [6, 6.07) is 0. The third-order valence-electron chi connectivity index (χ3n) is 3.34. The van der Waals surface area contributed by atoms with Crippen LogP contribution in [0.1, 0.15) is 24.6 Å². The molecule has 0 bridgehead atoms. The van der Waals surface area contributed by atoms with Crippen LogP contribution < -0.4 is 0 Å². The molecule has 1 aromatic rings. The molecule has 2 heterocycles. The fraction of sp³-hybridized carbons (Fsp3) is 0.700. The third-order valence-corrected chi connectivity index (χ3v) is 5.62. The topological polar surface area (TPSA) is 72.2 Å². The number of hydrogen-bond donors (Lipinski definition) is 1. The van der Waals surface area contributed by atoms with Crippen molar-refractivity contribution in [1.82, 2.24) is 9.78 Å². The van der Waals surface area contributed by atoms with Gasteiger partial charge >= 0.3 is 6.18 Å². The van der Waals surface area contributed by atoms with Gasteiger partial charge in [0.05, 0.1) is 23.7 Å². The average Bonchev–Trinajstić information content (AvgIpc) is 2.76. The maximum atomic E-state index is 12.8. The van der Waals surface area contributed by atoms with Gasteiger partial charge in [-0.05, 0) is 13.3 Å². The molecule has 1 unspecified atom stereocenters. The molecule has 1 N–H and O–H groups in total. The molecule has 0 aliphatic carbocycles. The van der Waals surface area contributed by atoms with Crippen LogP contribution >= 0.6 is 11.6 Å². The van der Waals surface area contributed by atoms with Crippen LogP contribution in [0.2, 0.25) is 5.15 Å². The highest BCUT2D eigenvalue weighted by Gasteiger charge is 2.45. The van der Waals surface area contributed by atoms with Crippen molar-refractivity contribution in [3.8, 4) is 0 Å². The van der Waals surface area contributed by atoms with Crippen molar-refractivity contribution in [2.75, 3.05) is 11.5 Å². The second-order valence-electron chi connectivity index (χ2n) is 5.02. The summed E-state index contributed by atoms with van der Waals surface area (Å²) in [5.74, 6) is -0.459. The summed E-state index contributed by atoms with van der Waals surface area (Å²) in [6.07, 6.45) is -4.64. The van der Waals surface area contributed by atoms with Gasteiger partial charge in [0.15, 0.2) is 15.5 Å². The van der Waals surface area contributed by atoms with E-state index in [9.17, 15) is 21.6 Å². The van der Waals surface area contributed by atoms with Gasteiger partial charge in [0.1, 0.15) is 5.15 Å². The molecule has 0 aromatic carbocycles. The number of hydrogen-bond acceptors (Lipinski definition) is 4. The van der Waals surface area contributed by atoms with E-state index in [1.165, 1.54) is 6.92 Å². The summed E-state index contributed by atoms with van der Waals surface area (Å²) in [6.45, 7) is 0.564. The first-order valence-electron chi connectivity index (χ1n) is 5.66. The predicted molar refractivity (Wildman–Crippen MR) is 65.1 cm³/mol. The SMILES string of the molecule is CC1(n2nc(C(F)(F)F)c(CO)c2Cl)CCS(=O)(=O)C1. The van der Waals surface area contributed by atoms with Gasteiger partial charge in [0, 0.05) is 5.56 Å². The number of halogens is 4. The lowest BCUT2D eigenvalue weighted by molar-refractivity contribution is -0.142. The Kier molecular flexibility index (Phi) is 3.59. The van der Waals surface area contributed by atoms with E-state index in [1.54, 1.807) is 0 Å². The minimum absolute atomic E-state index is 0.124. The minimum atomic E-state index is -4.76. The summed E-state index contributed by atoms with van der Waals surface area (Å²) in [5.41, 5.74) is -2.95. The molecule has 1 aliphatic rings. The zero-order valence-electron chi connectivity index (χ0n) is 10.4. The average molecular weight is 333 g/mol. The Labute approximate surface area is 118 Å². The van der Waals surface area contributed by atoms with Crippen LogP contribution in [-0.4, -0.2) is 34.8 Å². The second kappa shape index (κ2) is 4.60. The molecule has 1 fully saturated rings. The largest absolute Gasteiger partial charge is 0.435 e. The van der Waals surface area contributed by atoms with Crippen molar-refractivity contribution < 1.29 is 26.7 Å². The van der Waals surface area contributed by atoms with Crippen LogP contribution in [0.5, 0.6) is 0 Å². The van der Waals surface area contributed by atoms with Crippen molar-refractivity contribution in [1.29, 1.82) is 0 Å². The lowest BCUT2D eigenvalue weighted by atomic mass is 10.0. The molecule has 1 aromatic heterocycles. The normalized spacial score (nSPS) is 26.1. The van der Waals surface area contributed by atoms with Gasteiger partial charge in [-0.2, -0.15) is 18.3 Å². The van der Waals surface area contributed by atoms with E-state index >= 15 is 0 Å². The Hall–Kier alpha value is -0.800. The molecular weight excluding hydrogens is 321 g/mol. The third kappa shape index (κ3) is 2.53. The molecule has 114 valence electrons. The van der Waals surface area contributed by atoms with Crippen molar-refractivity contribution >= 4 is 21.4 Å². The van der Waals surface area contributed by atoms with Crippen molar-refractivity contribution in [3.05, 3.63) is 16.4 Å². The van der Waals surface area contributed by atoms with Gasteiger partial charge in [0.25, 0.3) is 0 Å². The number of sulfone groups is 1. The molecule has 1 atom stereocenters. The minimum Gasteiger partial charge on any atom is -0.391 e. The second-order valence-corrected chi connectivity index (χ2v) is 7.57. The Morgan fingerprint density at radius 2 is 2.10 bits per heavy atom. The summed E-state index contributed by atoms with van der Waals surface area (Å²) in [4.78, 5) is 0. The highest BCUT2D eigenvalue weighted by atomic mass is 35.5. The number of nitrogens with zero attached hydrogens (tertiary/aromatic N) is 2. The van der Waals surface area contributed by atoms with E-state index < -0.39 is 39.4 Å². The zero-order chi connectivity index (χ0) is 15.3. The van der Waals surface area contributed by atoms with Crippen LogP contribution in [-0.2, 0) is 28.2 Å². The zero-order valence-corrected chi connectivity index (χ0v) is 12.0. The monoisotopic (exact) mass is 332 g/mol. The number of aromatic nitrogens is 2. The van der Waals surface area contributed by atoms with Crippen LogP contribution in [0.4, 0.5) is 13.2 Å². The smallest absolute Gasteiger partial charge is 0.391 e. The van der Waals surface area contributed by atoms with Crippen LogP contribution in [0.25, 0.3) is 0 Å². The van der Waals surface area contributed by atoms with E-state index in [0.29, 0.717) is 0 Å². The summed E-state index contributed by atoms with van der Waals surface area (Å²) in [5, 5.41) is 12.1. The number of aliphatic hydroxyl groups is 1. The molecule has 5 nitrogen and oxygen atoms in total. The molecule has 0 spiro atoms. The van der Waals surface area contributed by atoms with Gasteiger partial charge in [-0.25, -0.2) is 13.1 Å². The lowest BCUT2D eigenvalue weighted by Crippen LogP contribution is -2.33. The predicted octanol–water partition coefficient (Wildman–Crippen LogP) is 1.58. The highest BCUT2D eigenvalue weighted by molar-refractivity contribution is 7.91. The quantitative estimate of drug-likeness (QED) is 0.892. The molecule has 1 aliphatic heterocycles. The lowest BCUT2D eigenvalue weighted by Gasteiger charge is -2.23. The first kappa shape index (κ1) is 15.6. The fourth-order valence-corrected chi connectivity index (χ4v) is 4.82. The van der Waals surface area contributed by atoms with E-state index in [-0.39, 0.29) is 23.1 Å². The van der Waals surface area contributed by atoms with E-state index in [0.717, 1.165) is 4.68 Å².